The lowest BCUT2D eigenvalue weighted by Crippen LogP contribution is -2.54. The molecule has 0 aromatic rings. The van der Waals surface area contributed by atoms with Gasteiger partial charge >= 0.3 is 5.97 Å². The van der Waals surface area contributed by atoms with E-state index in [0.29, 0.717) is 24.2 Å². The van der Waals surface area contributed by atoms with Gasteiger partial charge in [0.05, 0.1) is 18.9 Å². The molecule has 5 rings (SSSR count). The Bertz CT molecular complexity index is 1060. The van der Waals surface area contributed by atoms with Gasteiger partial charge in [-0.05, 0) is 80.6 Å². The molecule has 5 aliphatic rings. The highest BCUT2D eigenvalue weighted by atomic mass is 16.6. The minimum atomic E-state index is -0.981. The van der Waals surface area contributed by atoms with Gasteiger partial charge in [-0.1, -0.05) is 30.5 Å². The third-order valence-corrected chi connectivity index (χ3v) is 10.8. The van der Waals surface area contributed by atoms with E-state index >= 15 is 0 Å². The van der Waals surface area contributed by atoms with Crippen molar-refractivity contribution in [2.24, 2.45) is 33.7 Å². The van der Waals surface area contributed by atoms with Gasteiger partial charge in [-0.3, -0.25) is 4.79 Å². The molecule has 4 aliphatic carbocycles. The second-order valence-electron chi connectivity index (χ2n) is 12.3. The molecule has 3 saturated carbocycles. The van der Waals surface area contributed by atoms with E-state index in [-0.39, 0.29) is 36.3 Å². The van der Waals surface area contributed by atoms with Crippen LogP contribution in [-0.4, -0.2) is 70.7 Å². The van der Waals surface area contributed by atoms with E-state index in [4.69, 9.17) is 16.0 Å². The number of rotatable bonds is 4. The number of amides is 1. The predicted molar refractivity (Wildman–Crippen MR) is 137 cm³/mol. The summed E-state index contributed by atoms with van der Waals surface area (Å²) in [6.07, 6.45) is 15.0. The molecule has 0 spiro atoms. The number of ether oxygens (including phenoxy) is 1. The number of likely N-dealkylation sites (tertiary alicyclic amines) is 1. The standard InChI is InChI=1S/C29H40N2O6/c1-5-29(35)13-10-23-21-7-6-18-14-19(8-11-27(18,2)22(21)9-12-28(23,29)3)30-37-17-25(33)31-16-20(32)15-24(31)26(34)36-4/h1,14,20-24,32,35H,6-13,15-17H2,2-4H3/b30-19+/t20-,21+,22-,23-,24-,27-,28-,29+/m0/s1. The van der Waals surface area contributed by atoms with Gasteiger partial charge in [0.2, 0.25) is 0 Å². The van der Waals surface area contributed by atoms with Gasteiger partial charge in [0.25, 0.3) is 5.91 Å². The van der Waals surface area contributed by atoms with Gasteiger partial charge in [-0.15, -0.1) is 6.42 Å². The lowest BCUT2D eigenvalue weighted by molar-refractivity contribution is -0.152. The molecule has 8 atom stereocenters. The van der Waals surface area contributed by atoms with Crippen LogP contribution in [0.1, 0.15) is 71.6 Å². The lowest BCUT2D eigenvalue weighted by atomic mass is 9.46. The summed E-state index contributed by atoms with van der Waals surface area (Å²) in [6, 6.07) is -0.787. The molecule has 8 heteroatoms. The van der Waals surface area contributed by atoms with E-state index < -0.39 is 23.7 Å². The Balaban J connectivity index is 1.24. The number of methoxy groups -OCH3 is 1. The van der Waals surface area contributed by atoms with Crippen molar-refractivity contribution in [2.75, 3.05) is 20.3 Å². The summed E-state index contributed by atoms with van der Waals surface area (Å²) in [5.41, 5.74) is 1.18. The zero-order valence-electron chi connectivity index (χ0n) is 22.2. The SMILES string of the molecule is C#C[C@@]1(O)CC[C@H]2[C@@H]3CCC4=C/C(=N/OCC(=O)N5C[C@@H](O)C[C@H]5C(=O)OC)CC[C@]4(C)[C@H]3CC[C@@]21C. The van der Waals surface area contributed by atoms with Crippen LogP contribution in [0.2, 0.25) is 0 Å². The Kier molecular flexibility index (Phi) is 6.69. The number of β-amino-alcohol motifs (C(OH)–C–C–N with tert-alkyl or cyclic N) is 1. The zero-order valence-corrected chi connectivity index (χ0v) is 22.2. The van der Waals surface area contributed by atoms with Gasteiger partial charge in [-0.2, -0.15) is 0 Å². The largest absolute Gasteiger partial charge is 0.467 e. The summed E-state index contributed by atoms with van der Waals surface area (Å²) in [6.45, 7) is 4.41. The maximum Gasteiger partial charge on any atom is 0.328 e. The number of oxime groups is 1. The number of allylic oxidation sites excluding steroid dienone is 2. The third-order valence-electron chi connectivity index (χ3n) is 10.8. The van der Waals surface area contributed by atoms with Crippen molar-refractivity contribution < 1.29 is 29.4 Å². The molecule has 1 saturated heterocycles. The summed E-state index contributed by atoms with van der Waals surface area (Å²) in [4.78, 5) is 31.4. The smallest absolute Gasteiger partial charge is 0.328 e. The first-order valence-corrected chi connectivity index (χ1v) is 13.7. The molecule has 37 heavy (non-hydrogen) atoms. The van der Waals surface area contributed by atoms with E-state index in [1.807, 2.05) is 0 Å². The van der Waals surface area contributed by atoms with Crippen molar-refractivity contribution in [2.45, 2.75) is 89.4 Å². The Morgan fingerprint density at radius 1 is 1.19 bits per heavy atom. The van der Waals surface area contributed by atoms with Gasteiger partial charge in [-0.25, -0.2) is 4.79 Å². The Morgan fingerprint density at radius 3 is 2.68 bits per heavy atom. The maximum absolute atomic E-state index is 12.7. The average Bonchev–Trinajstić information content (AvgIpc) is 3.41. The molecule has 8 nitrogen and oxygen atoms in total. The van der Waals surface area contributed by atoms with Crippen LogP contribution in [0.25, 0.3) is 0 Å². The number of aliphatic hydroxyl groups is 2. The monoisotopic (exact) mass is 512 g/mol. The quantitative estimate of drug-likeness (QED) is 0.341. The van der Waals surface area contributed by atoms with Gasteiger partial charge in [0.1, 0.15) is 11.6 Å². The van der Waals surface area contributed by atoms with Crippen molar-refractivity contribution in [1.29, 1.82) is 0 Å². The summed E-state index contributed by atoms with van der Waals surface area (Å²) >= 11 is 0. The van der Waals surface area contributed by atoms with Crippen LogP contribution >= 0.6 is 0 Å². The first kappa shape index (κ1) is 26.2. The Hall–Kier alpha value is -2.37. The first-order chi connectivity index (χ1) is 17.6. The van der Waals surface area contributed by atoms with E-state index in [9.17, 15) is 19.8 Å². The summed E-state index contributed by atoms with van der Waals surface area (Å²) in [5, 5.41) is 25.4. The second-order valence-corrected chi connectivity index (χ2v) is 12.3. The predicted octanol–water partition coefficient (Wildman–Crippen LogP) is 2.82. The van der Waals surface area contributed by atoms with E-state index in [1.54, 1.807) is 0 Å². The molecule has 0 aromatic carbocycles. The molecule has 0 aromatic heterocycles. The summed E-state index contributed by atoms with van der Waals surface area (Å²) in [5.74, 6) is 3.45. The van der Waals surface area contributed by atoms with Crippen LogP contribution in [0.4, 0.5) is 0 Å². The number of hydrogen-bond acceptors (Lipinski definition) is 7. The minimum Gasteiger partial charge on any atom is -0.467 e. The fraction of sp³-hybridized carbons (Fsp3) is 0.759. The summed E-state index contributed by atoms with van der Waals surface area (Å²) < 4.78 is 4.76. The van der Waals surface area contributed by atoms with Crippen LogP contribution in [-0.2, 0) is 19.2 Å². The van der Waals surface area contributed by atoms with E-state index in [1.165, 1.54) is 17.6 Å². The number of terminal acetylenes is 1. The van der Waals surface area contributed by atoms with E-state index in [2.05, 4.69) is 31.0 Å². The minimum absolute atomic E-state index is 0.0856. The molecule has 0 bridgehead atoms. The van der Waals surface area contributed by atoms with Gasteiger partial charge in [0.15, 0.2) is 6.61 Å². The average molecular weight is 513 g/mol. The van der Waals surface area contributed by atoms with Crippen LogP contribution in [0, 0.1) is 40.9 Å². The third kappa shape index (κ3) is 4.10. The fourth-order valence-corrected chi connectivity index (χ4v) is 8.60. The maximum atomic E-state index is 12.7. The van der Waals surface area contributed by atoms with E-state index in [0.717, 1.165) is 50.7 Å². The highest BCUT2D eigenvalue weighted by molar-refractivity contribution is 5.96. The fourth-order valence-electron chi connectivity index (χ4n) is 8.60. The van der Waals surface area contributed by atoms with Crippen LogP contribution in [0.15, 0.2) is 16.8 Å². The van der Waals surface area contributed by atoms with Crippen LogP contribution in [0.5, 0.6) is 0 Å². The molecule has 1 aliphatic heterocycles. The molecule has 2 N–H and O–H groups in total. The number of carbonyl (C=O) groups is 2. The molecule has 0 unspecified atom stereocenters. The molecule has 1 amide bonds. The number of esters is 1. The van der Waals surface area contributed by atoms with Crippen LogP contribution < -0.4 is 0 Å². The Labute approximate surface area is 219 Å². The molecular weight excluding hydrogens is 472 g/mol. The molecule has 202 valence electrons. The molecular formula is C29H40N2O6. The summed E-state index contributed by atoms with van der Waals surface area (Å²) in [7, 11) is 1.27. The highest BCUT2D eigenvalue weighted by Gasteiger charge is 2.63. The molecule has 1 heterocycles. The second kappa shape index (κ2) is 9.43. The highest BCUT2D eigenvalue weighted by Crippen LogP contribution is 2.67. The topological polar surface area (TPSA) is 109 Å². The number of nitrogens with zero attached hydrogens (tertiary/aromatic N) is 2. The van der Waals surface area contributed by atoms with Crippen molar-refractivity contribution in [3.63, 3.8) is 0 Å². The van der Waals surface area contributed by atoms with Crippen molar-refractivity contribution in [1.82, 2.24) is 4.90 Å². The number of carbonyl (C=O) groups excluding carboxylic acids is 2. The van der Waals surface area contributed by atoms with Crippen molar-refractivity contribution in [3.8, 4) is 12.3 Å². The van der Waals surface area contributed by atoms with Crippen molar-refractivity contribution in [3.05, 3.63) is 11.6 Å². The van der Waals surface area contributed by atoms with Gasteiger partial charge < -0.3 is 24.7 Å². The van der Waals surface area contributed by atoms with Crippen molar-refractivity contribution >= 4 is 17.6 Å². The molecule has 4 fully saturated rings. The number of aliphatic hydroxyl groups excluding tert-OH is 1. The molecule has 0 radical (unpaired) electrons. The number of hydrogen-bond donors (Lipinski definition) is 2. The normalized spacial score (nSPS) is 43.8. The zero-order chi connectivity index (χ0) is 26.6. The Morgan fingerprint density at radius 2 is 1.95 bits per heavy atom. The first-order valence-electron chi connectivity index (χ1n) is 13.7. The lowest BCUT2D eigenvalue weighted by Gasteiger charge is -2.58. The van der Waals surface area contributed by atoms with Gasteiger partial charge in [0, 0.05) is 18.4 Å². The number of fused-ring (bicyclic) bond motifs is 5. The van der Waals surface area contributed by atoms with Crippen LogP contribution in [0.3, 0.4) is 0 Å².